The fourth-order valence-corrected chi connectivity index (χ4v) is 3.84. The summed E-state index contributed by atoms with van der Waals surface area (Å²) in [5.74, 6) is -0.144. The number of hydrogen-bond donors (Lipinski definition) is 0. The van der Waals surface area contributed by atoms with Crippen molar-refractivity contribution in [1.29, 1.82) is 0 Å². The first kappa shape index (κ1) is 19.5. The number of amides is 2. The van der Waals surface area contributed by atoms with Crippen molar-refractivity contribution in [2.24, 2.45) is 7.05 Å². The first-order chi connectivity index (χ1) is 12.6. The molecule has 0 N–H and O–H groups in total. The summed E-state index contributed by atoms with van der Waals surface area (Å²) in [7, 11) is 1.74. The van der Waals surface area contributed by atoms with Crippen LogP contribution in [0.25, 0.3) is 0 Å². The van der Waals surface area contributed by atoms with Crippen LogP contribution in [0.3, 0.4) is 0 Å². The molecule has 0 radical (unpaired) electrons. The summed E-state index contributed by atoms with van der Waals surface area (Å²) in [5.41, 5.74) is 0.000665. The van der Waals surface area contributed by atoms with Crippen molar-refractivity contribution >= 4 is 12.0 Å². The molecule has 1 aromatic rings. The van der Waals surface area contributed by atoms with Crippen LogP contribution in [0.4, 0.5) is 18.0 Å². The molecule has 0 aliphatic carbocycles. The third-order valence-electron chi connectivity index (χ3n) is 5.47. The highest BCUT2D eigenvalue weighted by molar-refractivity contribution is 5.93. The number of halogens is 3. The van der Waals surface area contributed by atoms with Crippen LogP contribution in [0, 0.1) is 0 Å². The molecule has 2 saturated heterocycles. The Morgan fingerprint density at radius 2 is 1.89 bits per heavy atom. The number of likely N-dealkylation sites (tertiary alicyclic amines) is 2. The lowest BCUT2D eigenvalue weighted by Crippen LogP contribution is -2.55. The third-order valence-corrected chi connectivity index (χ3v) is 5.47. The third kappa shape index (κ3) is 3.89. The lowest BCUT2D eigenvalue weighted by Gasteiger charge is -2.44. The van der Waals surface area contributed by atoms with Gasteiger partial charge in [-0.25, -0.2) is 4.79 Å². The molecule has 2 aliphatic rings. The van der Waals surface area contributed by atoms with Gasteiger partial charge in [-0.1, -0.05) is 0 Å². The number of carbonyl (C=O) groups is 2. The Hall–Kier alpha value is -2.26. The number of alkyl halides is 3. The average Bonchev–Trinajstić information content (AvgIpc) is 3.21. The van der Waals surface area contributed by atoms with Crippen molar-refractivity contribution in [2.45, 2.75) is 50.4 Å². The molecule has 3 heterocycles. The van der Waals surface area contributed by atoms with Crippen molar-refractivity contribution in [2.75, 3.05) is 19.6 Å². The Bertz CT molecular complexity index is 711. The molecule has 150 valence electrons. The van der Waals surface area contributed by atoms with Gasteiger partial charge in [0.25, 0.3) is 5.91 Å². The second-order valence-electron chi connectivity index (χ2n) is 7.21. The number of rotatable bonds is 2. The summed E-state index contributed by atoms with van der Waals surface area (Å²) in [4.78, 5) is 27.9. The standard InChI is InChI=1S/C17H23F3N4O3/c1-12(17(18,19)20)27-15(26)23-10-6-16(7-11-23)5-3-8-24(16)14(25)13-4-9-22(2)21-13/h4,9,12H,3,5-8,10-11H2,1-2H3. The zero-order chi connectivity index (χ0) is 19.8. The Morgan fingerprint density at radius 3 is 2.44 bits per heavy atom. The highest BCUT2D eigenvalue weighted by Crippen LogP contribution is 2.39. The van der Waals surface area contributed by atoms with Gasteiger partial charge < -0.3 is 14.5 Å². The van der Waals surface area contributed by atoms with E-state index in [1.807, 2.05) is 4.90 Å². The molecule has 7 nitrogen and oxygen atoms in total. The molecule has 1 spiro atoms. The van der Waals surface area contributed by atoms with E-state index in [-0.39, 0.29) is 24.5 Å². The Balaban J connectivity index is 1.63. The molecular formula is C17H23F3N4O3. The highest BCUT2D eigenvalue weighted by atomic mass is 19.4. The highest BCUT2D eigenvalue weighted by Gasteiger charge is 2.47. The SMILES string of the molecule is CC(OC(=O)N1CCC2(CCCN2C(=O)c2ccn(C)n2)CC1)C(F)(F)F. The minimum absolute atomic E-state index is 0.144. The molecule has 3 rings (SSSR count). The summed E-state index contributed by atoms with van der Waals surface area (Å²) in [5, 5.41) is 4.17. The normalized spacial score (nSPS) is 20.8. The van der Waals surface area contributed by atoms with E-state index in [0.29, 0.717) is 25.1 Å². The first-order valence-electron chi connectivity index (χ1n) is 8.96. The van der Waals surface area contributed by atoms with Crippen molar-refractivity contribution in [3.63, 3.8) is 0 Å². The van der Waals surface area contributed by atoms with Gasteiger partial charge in [0, 0.05) is 38.4 Å². The van der Waals surface area contributed by atoms with Gasteiger partial charge in [-0.05, 0) is 38.7 Å². The number of nitrogens with zero attached hydrogens (tertiary/aromatic N) is 4. The summed E-state index contributed by atoms with van der Waals surface area (Å²) in [6, 6.07) is 1.67. The van der Waals surface area contributed by atoms with Crippen LogP contribution in [0.2, 0.25) is 0 Å². The maximum absolute atomic E-state index is 12.8. The predicted octanol–water partition coefficient (Wildman–Crippen LogP) is 2.58. The summed E-state index contributed by atoms with van der Waals surface area (Å²) >= 11 is 0. The Labute approximate surface area is 155 Å². The monoisotopic (exact) mass is 388 g/mol. The van der Waals surface area contributed by atoms with Crippen molar-refractivity contribution in [3.8, 4) is 0 Å². The summed E-state index contributed by atoms with van der Waals surface area (Å²) < 4.78 is 43.8. The molecule has 0 saturated carbocycles. The van der Waals surface area contributed by atoms with Crippen LogP contribution in [0.15, 0.2) is 12.3 Å². The second-order valence-corrected chi connectivity index (χ2v) is 7.21. The van der Waals surface area contributed by atoms with Gasteiger partial charge in [0.05, 0.1) is 0 Å². The molecule has 2 amide bonds. The van der Waals surface area contributed by atoms with Crippen LogP contribution < -0.4 is 0 Å². The lowest BCUT2D eigenvalue weighted by molar-refractivity contribution is -0.200. The molecule has 2 fully saturated rings. The number of carbonyl (C=O) groups excluding carboxylic acids is 2. The molecule has 10 heteroatoms. The van der Waals surface area contributed by atoms with Gasteiger partial charge in [0.15, 0.2) is 6.10 Å². The molecule has 27 heavy (non-hydrogen) atoms. The van der Waals surface area contributed by atoms with Gasteiger partial charge in [0.2, 0.25) is 0 Å². The Kier molecular flexibility index (Phi) is 5.09. The van der Waals surface area contributed by atoms with Crippen LogP contribution in [0.1, 0.15) is 43.1 Å². The fourth-order valence-electron chi connectivity index (χ4n) is 3.84. The van der Waals surface area contributed by atoms with Crippen LogP contribution in [-0.2, 0) is 11.8 Å². The fraction of sp³-hybridized carbons (Fsp3) is 0.706. The van der Waals surface area contributed by atoms with E-state index in [9.17, 15) is 22.8 Å². The zero-order valence-electron chi connectivity index (χ0n) is 15.3. The zero-order valence-corrected chi connectivity index (χ0v) is 15.3. The molecule has 1 aromatic heterocycles. The van der Waals surface area contributed by atoms with Crippen molar-refractivity contribution < 1.29 is 27.5 Å². The molecule has 0 aromatic carbocycles. The van der Waals surface area contributed by atoms with Crippen LogP contribution in [-0.4, -0.2) is 69.0 Å². The minimum Gasteiger partial charge on any atom is -0.437 e. The second kappa shape index (κ2) is 7.05. The number of aromatic nitrogens is 2. The van der Waals surface area contributed by atoms with E-state index >= 15 is 0 Å². The number of piperidine rings is 1. The van der Waals surface area contributed by atoms with E-state index in [0.717, 1.165) is 19.8 Å². The number of ether oxygens (including phenoxy) is 1. The van der Waals surface area contributed by atoms with E-state index < -0.39 is 18.4 Å². The smallest absolute Gasteiger partial charge is 0.425 e. The maximum atomic E-state index is 12.8. The molecule has 2 aliphatic heterocycles. The summed E-state index contributed by atoms with van der Waals surface area (Å²) in [6.45, 7) is 1.95. The number of aryl methyl sites for hydroxylation is 1. The molecule has 1 unspecified atom stereocenters. The molecule has 0 bridgehead atoms. The van der Waals surface area contributed by atoms with Crippen molar-refractivity contribution in [1.82, 2.24) is 19.6 Å². The van der Waals surface area contributed by atoms with E-state index in [4.69, 9.17) is 0 Å². The van der Waals surface area contributed by atoms with Crippen molar-refractivity contribution in [3.05, 3.63) is 18.0 Å². The average molecular weight is 388 g/mol. The maximum Gasteiger partial charge on any atom is 0.425 e. The van der Waals surface area contributed by atoms with E-state index in [1.54, 1.807) is 24.0 Å². The molecule has 1 atom stereocenters. The van der Waals surface area contributed by atoms with Gasteiger partial charge in [-0.2, -0.15) is 18.3 Å². The quantitative estimate of drug-likeness (QED) is 0.781. The predicted molar refractivity (Wildman–Crippen MR) is 89.0 cm³/mol. The van der Waals surface area contributed by atoms with Gasteiger partial charge >= 0.3 is 12.3 Å². The lowest BCUT2D eigenvalue weighted by atomic mass is 9.85. The van der Waals surface area contributed by atoms with E-state index in [2.05, 4.69) is 9.84 Å². The van der Waals surface area contributed by atoms with Crippen LogP contribution >= 0.6 is 0 Å². The minimum atomic E-state index is -4.58. The van der Waals surface area contributed by atoms with E-state index in [1.165, 1.54) is 4.90 Å². The van der Waals surface area contributed by atoms with Crippen LogP contribution in [0.5, 0.6) is 0 Å². The first-order valence-corrected chi connectivity index (χ1v) is 8.96. The Morgan fingerprint density at radius 1 is 1.22 bits per heavy atom. The topological polar surface area (TPSA) is 67.7 Å². The largest absolute Gasteiger partial charge is 0.437 e. The summed E-state index contributed by atoms with van der Waals surface area (Å²) in [6.07, 6.45) is -3.28. The number of hydrogen-bond acceptors (Lipinski definition) is 4. The van der Waals surface area contributed by atoms with Gasteiger partial charge in [0.1, 0.15) is 5.69 Å². The molecular weight excluding hydrogens is 365 g/mol. The van der Waals surface area contributed by atoms with Gasteiger partial charge in [-0.15, -0.1) is 0 Å². The van der Waals surface area contributed by atoms with Gasteiger partial charge in [-0.3, -0.25) is 9.48 Å².